The Bertz CT molecular complexity index is 875. The van der Waals surface area contributed by atoms with Crippen LogP contribution >= 0.6 is 0 Å². The third-order valence-corrected chi connectivity index (χ3v) is 5.41. The van der Waals surface area contributed by atoms with Gasteiger partial charge in [0.2, 0.25) is 5.91 Å². The first-order valence-electron chi connectivity index (χ1n) is 11.6. The maximum absolute atomic E-state index is 13.2. The molecule has 0 radical (unpaired) electrons. The van der Waals surface area contributed by atoms with E-state index in [-0.39, 0.29) is 18.4 Å². The molecule has 0 bridgehead atoms. The molecule has 0 fully saturated rings. The van der Waals surface area contributed by atoms with Crippen LogP contribution in [0.2, 0.25) is 0 Å². The number of nitrogens with one attached hydrogen (secondary N) is 1. The van der Waals surface area contributed by atoms with Crippen LogP contribution in [-0.4, -0.2) is 35.9 Å². The minimum atomic E-state index is -0.548. The molecule has 32 heavy (non-hydrogen) atoms. The molecule has 2 amide bonds. The van der Waals surface area contributed by atoms with Gasteiger partial charge in [0.1, 0.15) is 11.8 Å². The summed E-state index contributed by atoms with van der Waals surface area (Å²) in [6.07, 6.45) is 0.532. The van der Waals surface area contributed by atoms with E-state index in [0.717, 1.165) is 11.1 Å². The Morgan fingerprint density at radius 3 is 2.28 bits per heavy atom. The first-order chi connectivity index (χ1) is 15.2. The number of hydrogen-bond acceptors (Lipinski definition) is 3. The van der Waals surface area contributed by atoms with Gasteiger partial charge >= 0.3 is 0 Å². The highest BCUT2D eigenvalue weighted by Crippen LogP contribution is 2.19. The van der Waals surface area contributed by atoms with E-state index in [1.54, 1.807) is 4.90 Å². The molecule has 1 atom stereocenters. The van der Waals surface area contributed by atoms with E-state index >= 15 is 0 Å². The summed E-state index contributed by atoms with van der Waals surface area (Å²) in [6, 6.07) is 15.3. The smallest absolute Gasteiger partial charge is 0.261 e. The van der Waals surface area contributed by atoms with Crippen molar-refractivity contribution in [1.29, 1.82) is 0 Å². The van der Waals surface area contributed by atoms with E-state index in [1.807, 2.05) is 62.4 Å². The highest BCUT2D eigenvalue weighted by molar-refractivity contribution is 5.88. The number of nitrogens with zero attached hydrogens (tertiary/aromatic N) is 1. The molecule has 0 heterocycles. The Hall–Kier alpha value is -2.82. The van der Waals surface area contributed by atoms with Gasteiger partial charge in [-0.3, -0.25) is 9.59 Å². The molecule has 0 aliphatic rings. The zero-order chi connectivity index (χ0) is 23.7. The lowest BCUT2D eigenvalue weighted by atomic mass is 10.0. The van der Waals surface area contributed by atoms with Crippen molar-refractivity contribution < 1.29 is 14.3 Å². The summed E-state index contributed by atoms with van der Waals surface area (Å²) < 4.78 is 5.79. The van der Waals surface area contributed by atoms with Crippen LogP contribution in [0.3, 0.4) is 0 Å². The van der Waals surface area contributed by atoms with Gasteiger partial charge in [0.05, 0.1) is 0 Å². The fourth-order valence-corrected chi connectivity index (χ4v) is 3.53. The molecule has 2 aromatic rings. The molecule has 0 saturated heterocycles. The monoisotopic (exact) mass is 438 g/mol. The maximum atomic E-state index is 13.2. The lowest BCUT2D eigenvalue weighted by Gasteiger charge is -2.31. The van der Waals surface area contributed by atoms with Crippen LogP contribution in [0.4, 0.5) is 0 Å². The number of amides is 2. The van der Waals surface area contributed by atoms with E-state index in [1.165, 1.54) is 5.56 Å². The van der Waals surface area contributed by atoms with Gasteiger partial charge in [0.15, 0.2) is 6.61 Å². The Morgan fingerprint density at radius 2 is 1.72 bits per heavy atom. The van der Waals surface area contributed by atoms with Crippen molar-refractivity contribution >= 4 is 11.8 Å². The SMILES string of the molecule is CC[C@@H](C(=O)NCC(C)C)N(Cc1cccc(C)c1)C(=O)COc1ccc(C(C)C)cc1. The zero-order valence-electron chi connectivity index (χ0n) is 20.4. The predicted octanol–water partition coefficient (Wildman–Crippen LogP) is 5.08. The summed E-state index contributed by atoms with van der Waals surface area (Å²) in [7, 11) is 0. The molecule has 0 spiro atoms. The number of benzene rings is 2. The van der Waals surface area contributed by atoms with Crippen molar-refractivity contribution in [1.82, 2.24) is 10.2 Å². The van der Waals surface area contributed by atoms with Crippen molar-refractivity contribution in [2.24, 2.45) is 5.92 Å². The minimum Gasteiger partial charge on any atom is -0.484 e. The first kappa shape index (κ1) is 25.4. The Balaban J connectivity index is 2.17. The Labute approximate surface area is 193 Å². The summed E-state index contributed by atoms with van der Waals surface area (Å²) in [6.45, 7) is 13.2. The van der Waals surface area contributed by atoms with Crippen LogP contribution in [0.25, 0.3) is 0 Å². The third-order valence-electron chi connectivity index (χ3n) is 5.41. The summed E-state index contributed by atoms with van der Waals surface area (Å²) in [5.41, 5.74) is 3.33. The minimum absolute atomic E-state index is 0.110. The fraction of sp³-hybridized carbons (Fsp3) is 0.481. The van der Waals surface area contributed by atoms with Gasteiger partial charge in [-0.05, 0) is 48.4 Å². The third kappa shape index (κ3) is 7.70. The average Bonchev–Trinajstić information content (AvgIpc) is 2.76. The molecule has 0 aliphatic carbocycles. The first-order valence-corrected chi connectivity index (χ1v) is 11.6. The molecule has 0 aliphatic heterocycles. The van der Waals surface area contributed by atoms with Crippen LogP contribution in [0.15, 0.2) is 48.5 Å². The normalized spacial score (nSPS) is 12.0. The zero-order valence-corrected chi connectivity index (χ0v) is 20.4. The van der Waals surface area contributed by atoms with Crippen LogP contribution in [0.1, 0.15) is 63.6 Å². The van der Waals surface area contributed by atoms with Crippen molar-refractivity contribution in [3.8, 4) is 5.75 Å². The number of carbonyl (C=O) groups excluding carboxylic acids is 2. The molecular formula is C27H38N2O3. The molecule has 0 unspecified atom stereocenters. The average molecular weight is 439 g/mol. The fourth-order valence-electron chi connectivity index (χ4n) is 3.53. The molecule has 5 heteroatoms. The maximum Gasteiger partial charge on any atom is 0.261 e. The highest BCUT2D eigenvalue weighted by Gasteiger charge is 2.29. The van der Waals surface area contributed by atoms with Gasteiger partial charge in [0, 0.05) is 13.1 Å². The van der Waals surface area contributed by atoms with E-state index < -0.39 is 6.04 Å². The van der Waals surface area contributed by atoms with Crippen molar-refractivity contribution in [2.75, 3.05) is 13.2 Å². The molecule has 2 aromatic carbocycles. The molecule has 0 aromatic heterocycles. The Kier molecular flexibility index (Phi) is 9.76. The summed E-state index contributed by atoms with van der Waals surface area (Å²) in [5, 5.41) is 2.98. The molecule has 5 nitrogen and oxygen atoms in total. The van der Waals surface area contributed by atoms with Gasteiger partial charge in [-0.1, -0.05) is 76.6 Å². The number of aryl methyl sites for hydroxylation is 1. The number of rotatable bonds is 11. The standard InChI is InChI=1S/C27H38N2O3/c1-7-25(27(31)28-16-19(2)3)29(17-22-10-8-9-21(6)15-22)26(30)18-32-24-13-11-23(12-14-24)20(4)5/h8-15,19-20,25H,7,16-18H2,1-6H3,(H,28,31)/t25-/m0/s1. The van der Waals surface area contributed by atoms with Crippen LogP contribution in [0, 0.1) is 12.8 Å². The van der Waals surface area contributed by atoms with E-state index in [2.05, 4.69) is 33.0 Å². The quantitative estimate of drug-likeness (QED) is 0.532. The largest absolute Gasteiger partial charge is 0.484 e. The number of hydrogen-bond donors (Lipinski definition) is 1. The topological polar surface area (TPSA) is 58.6 Å². The van der Waals surface area contributed by atoms with Gasteiger partial charge in [-0.2, -0.15) is 0 Å². The molecular weight excluding hydrogens is 400 g/mol. The van der Waals surface area contributed by atoms with Gasteiger partial charge in [-0.15, -0.1) is 0 Å². The van der Waals surface area contributed by atoms with Crippen molar-refractivity contribution in [3.05, 3.63) is 65.2 Å². The second kappa shape index (κ2) is 12.3. The lowest BCUT2D eigenvalue weighted by molar-refractivity contribution is -0.143. The lowest BCUT2D eigenvalue weighted by Crippen LogP contribution is -2.50. The number of carbonyl (C=O) groups is 2. The second-order valence-electron chi connectivity index (χ2n) is 9.09. The number of ether oxygens (including phenoxy) is 1. The second-order valence-corrected chi connectivity index (χ2v) is 9.09. The van der Waals surface area contributed by atoms with E-state index in [4.69, 9.17) is 4.74 Å². The molecule has 0 saturated carbocycles. The van der Waals surface area contributed by atoms with Crippen molar-refractivity contribution in [2.45, 2.75) is 66.5 Å². The van der Waals surface area contributed by atoms with E-state index in [0.29, 0.717) is 37.1 Å². The molecule has 1 N–H and O–H groups in total. The van der Waals surface area contributed by atoms with Crippen LogP contribution in [0.5, 0.6) is 5.75 Å². The van der Waals surface area contributed by atoms with Gasteiger partial charge < -0.3 is 15.0 Å². The molecule has 2 rings (SSSR count). The summed E-state index contributed by atoms with van der Waals surface area (Å²) in [5.74, 6) is 1.10. The van der Waals surface area contributed by atoms with Crippen LogP contribution < -0.4 is 10.1 Å². The molecule has 174 valence electrons. The van der Waals surface area contributed by atoms with E-state index in [9.17, 15) is 9.59 Å². The van der Waals surface area contributed by atoms with Crippen molar-refractivity contribution in [3.63, 3.8) is 0 Å². The van der Waals surface area contributed by atoms with Gasteiger partial charge in [0.25, 0.3) is 5.91 Å². The Morgan fingerprint density at radius 1 is 1.03 bits per heavy atom. The summed E-state index contributed by atoms with van der Waals surface area (Å²) >= 11 is 0. The van der Waals surface area contributed by atoms with Crippen LogP contribution in [-0.2, 0) is 16.1 Å². The summed E-state index contributed by atoms with van der Waals surface area (Å²) in [4.78, 5) is 27.8. The predicted molar refractivity (Wildman–Crippen MR) is 130 cm³/mol. The highest BCUT2D eigenvalue weighted by atomic mass is 16.5. The van der Waals surface area contributed by atoms with Gasteiger partial charge in [-0.25, -0.2) is 0 Å².